The van der Waals surface area contributed by atoms with E-state index in [2.05, 4.69) is 15.5 Å². The monoisotopic (exact) mass is 293 g/mol. The molecule has 1 amide bonds. The summed E-state index contributed by atoms with van der Waals surface area (Å²) in [5.41, 5.74) is 0.573. The van der Waals surface area contributed by atoms with Crippen molar-refractivity contribution in [1.29, 1.82) is 0 Å². The van der Waals surface area contributed by atoms with E-state index >= 15 is 0 Å². The van der Waals surface area contributed by atoms with Gasteiger partial charge in [-0.1, -0.05) is 5.16 Å². The van der Waals surface area contributed by atoms with Crippen LogP contribution in [0, 0.1) is 0 Å². The van der Waals surface area contributed by atoms with Gasteiger partial charge in [0.05, 0.1) is 19.9 Å². The first-order valence-electron chi connectivity index (χ1n) is 6.26. The van der Waals surface area contributed by atoms with Gasteiger partial charge in [0.2, 0.25) is 5.88 Å². The average Bonchev–Trinajstić information content (AvgIpc) is 3.00. The largest absolute Gasteiger partial charge is 0.496 e. The van der Waals surface area contributed by atoms with E-state index in [0.717, 1.165) is 0 Å². The van der Waals surface area contributed by atoms with Crippen LogP contribution in [-0.2, 0) is 0 Å². The smallest absolute Gasteiger partial charge is 0.404 e. The fourth-order valence-corrected chi connectivity index (χ4v) is 1.71. The molecule has 0 aliphatic carbocycles. The highest BCUT2D eigenvalue weighted by Crippen LogP contribution is 2.36. The fourth-order valence-electron chi connectivity index (χ4n) is 1.71. The van der Waals surface area contributed by atoms with Crippen LogP contribution in [-0.4, -0.2) is 41.6 Å². The van der Waals surface area contributed by atoms with Crippen molar-refractivity contribution in [1.82, 2.24) is 15.5 Å². The van der Waals surface area contributed by atoms with Crippen molar-refractivity contribution in [2.24, 2.45) is 0 Å². The molecule has 0 saturated carbocycles. The zero-order chi connectivity index (χ0) is 15.1. The highest BCUT2D eigenvalue weighted by atomic mass is 16.5. The average molecular weight is 293 g/mol. The van der Waals surface area contributed by atoms with Gasteiger partial charge in [-0.15, -0.1) is 0 Å². The predicted octanol–water partition coefficient (Wildman–Crippen LogP) is 1.78. The van der Waals surface area contributed by atoms with E-state index in [4.69, 9.17) is 19.1 Å². The van der Waals surface area contributed by atoms with Crippen LogP contribution in [0.3, 0.4) is 0 Å². The summed E-state index contributed by atoms with van der Waals surface area (Å²) in [5.74, 6) is 1.39. The van der Waals surface area contributed by atoms with Crippen LogP contribution >= 0.6 is 0 Å². The summed E-state index contributed by atoms with van der Waals surface area (Å²) in [4.78, 5) is 14.5. The number of rotatable bonds is 7. The molecule has 0 fully saturated rings. The minimum Gasteiger partial charge on any atom is -0.496 e. The van der Waals surface area contributed by atoms with E-state index in [1.54, 1.807) is 18.3 Å². The summed E-state index contributed by atoms with van der Waals surface area (Å²) in [5, 5.41) is 14.4. The van der Waals surface area contributed by atoms with E-state index < -0.39 is 6.09 Å². The zero-order valence-corrected chi connectivity index (χ0v) is 11.4. The van der Waals surface area contributed by atoms with Crippen molar-refractivity contribution in [3.05, 3.63) is 24.5 Å². The topological polar surface area (TPSA) is 107 Å². The molecule has 2 rings (SSSR count). The molecular weight excluding hydrogens is 278 g/mol. The van der Waals surface area contributed by atoms with Gasteiger partial charge >= 0.3 is 6.09 Å². The normalized spacial score (nSPS) is 10.1. The Kier molecular flexibility index (Phi) is 4.97. The maximum atomic E-state index is 10.3. The number of carboxylic acid groups (broad SMARTS) is 1. The van der Waals surface area contributed by atoms with Gasteiger partial charge in [0.15, 0.2) is 5.76 Å². The lowest BCUT2D eigenvalue weighted by Crippen LogP contribution is -2.23. The second-order valence-electron chi connectivity index (χ2n) is 4.00. The minimum absolute atomic E-state index is 0.303. The summed E-state index contributed by atoms with van der Waals surface area (Å²) in [7, 11) is 1.54. The molecular formula is C13H15N3O5. The summed E-state index contributed by atoms with van der Waals surface area (Å²) in [6.45, 7) is 0.610. The number of nitrogens with zero attached hydrogens (tertiary/aromatic N) is 2. The molecule has 8 heteroatoms. The van der Waals surface area contributed by atoms with Gasteiger partial charge in [-0.05, 0) is 12.5 Å². The van der Waals surface area contributed by atoms with E-state index in [0.29, 0.717) is 42.5 Å². The lowest BCUT2D eigenvalue weighted by molar-refractivity contribution is 0.193. The Hall–Kier alpha value is -2.77. The number of ether oxygens (including phenoxy) is 2. The van der Waals surface area contributed by atoms with Gasteiger partial charge in [-0.25, -0.2) is 9.78 Å². The van der Waals surface area contributed by atoms with Crippen molar-refractivity contribution >= 4 is 6.09 Å². The van der Waals surface area contributed by atoms with Crippen LogP contribution in [0.2, 0.25) is 0 Å². The molecule has 0 bridgehead atoms. The number of pyridine rings is 1. The molecule has 0 unspecified atom stereocenters. The Balaban J connectivity index is 2.07. The van der Waals surface area contributed by atoms with Crippen LogP contribution in [0.4, 0.5) is 4.79 Å². The van der Waals surface area contributed by atoms with Crippen molar-refractivity contribution < 1.29 is 23.9 Å². The highest BCUT2D eigenvalue weighted by Gasteiger charge is 2.17. The Morgan fingerprint density at radius 3 is 2.95 bits per heavy atom. The third kappa shape index (κ3) is 3.85. The third-order valence-corrected chi connectivity index (χ3v) is 2.62. The number of nitrogens with one attached hydrogen (secondary N) is 1. The summed E-state index contributed by atoms with van der Waals surface area (Å²) in [6, 6.07) is 3.37. The summed E-state index contributed by atoms with van der Waals surface area (Å²) in [6.07, 6.45) is 2.53. The van der Waals surface area contributed by atoms with E-state index in [1.807, 2.05) is 0 Å². The molecule has 2 aromatic rings. The number of amides is 1. The molecule has 0 saturated heterocycles. The molecule has 21 heavy (non-hydrogen) atoms. The minimum atomic E-state index is -1.06. The Bertz CT molecular complexity index is 585. The number of hydrogen-bond acceptors (Lipinski definition) is 6. The Labute approximate surface area is 120 Å². The van der Waals surface area contributed by atoms with Gasteiger partial charge in [-0.3, -0.25) is 0 Å². The maximum Gasteiger partial charge on any atom is 0.404 e. The second kappa shape index (κ2) is 7.13. The molecule has 2 N–H and O–H groups in total. The summed E-state index contributed by atoms with van der Waals surface area (Å²) < 4.78 is 16.0. The quantitative estimate of drug-likeness (QED) is 0.749. The summed E-state index contributed by atoms with van der Waals surface area (Å²) >= 11 is 0. The van der Waals surface area contributed by atoms with Crippen molar-refractivity contribution in [2.75, 3.05) is 20.3 Å². The van der Waals surface area contributed by atoms with Crippen LogP contribution in [0.25, 0.3) is 11.3 Å². The van der Waals surface area contributed by atoms with E-state index in [1.165, 1.54) is 13.3 Å². The van der Waals surface area contributed by atoms with Crippen molar-refractivity contribution in [3.63, 3.8) is 0 Å². The number of carbonyl (C=O) groups is 1. The first kappa shape index (κ1) is 14.6. The fraction of sp³-hybridized carbons (Fsp3) is 0.308. The molecule has 0 spiro atoms. The molecule has 0 aliphatic heterocycles. The first-order valence-corrected chi connectivity index (χ1v) is 6.26. The molecule has 2 aromatic heterocycles. The maximum absolute atomic E-state index is 10.3. The predicted molar refractivity (Wildman–Crippen MR) is 72.4 cm³/mol. The highest BCUT2D eigenvalue weighted by molar-refractivity contribution is 5.70. The van der Waals surface area contributed by atoms with Gasteiger partial charge in [0.1, 0.15) is 11.3 Å². The molecule has 0 aromatic carbocycles. The van der Waals surface area contributed by atoms with Gasteiger partial charge in [-0.2, -0.15) is 0 Å². The lowest BCUT2D eigenvalue weighted by atomic mass is 10.2. The molecule has 112 valence electrons. The Morgan fingerprint density at radius 2 is 2.29 bits per heavy atom. The van der Waals surface area contributed by atoms with Crippen LogP contribution in [0.1, 0.15) is 6.42 Å². The standard InChI is InChI=1S/C13H15N3O5/c1-19-9-3-6-14-12(11(9)10-4-7-16-21-10)20-8-2-5-15-13(17)18/h3-4,6-7,15H,2,5,8H2,1H3,(H,17,18). The third-order valence-electron chi connectivity index (χ3n) is 2.62. The van der Waals surface area contributed by atoms with Crippen LogP contribution in [0.5, 0.6) is 11.6 Å². The lowest BCUT2D eigenvalue weighted by Gasteiger charge is -2.11. The first-order chi connectivity index (χ1) is 10.2. The molecule has 2 heterocycles. The zero-order valence-electron chi connectivity index (χ0n) is 11.4. The second-order valence-corrected chi connectivity index (χ2v) is 4.00. The van der Waals surface area contributed by atoms with Gasteiger partial charge in [0, 0.05) is 18.8 Å². The molecule has 8 nitrogen and oxygen atoms in total. The number of aromatic nitrogens is 2. The van der Waals surface area contributed by atoms with E-state index in [9.17, 15) is 4.79 Å². The van der Waals surface area contributed by atoms with Gasteiger partial charge < -0.3 is 24.4 Å². The van der Waals surface area contributed by atoms with Gasteiger partial charge in [0.25, 0.3) is 0 Å². The van der Waals surface area contributed by atoms with Crippen LogP contribution < -0.4 is 14.8 Å². The Morgan fingerprint density at radius 1 is 1.43 bits per heavy atom. The van der Waals surface area contributed by atoms with Crippen molar-refractivity contribution in [3.8, 4) is 23.0 Å². The molecule has 0 aliphatic rings. The van der Waals surface area contributed by atoms with Crippen LogP contribution in [0.15, 0.2) is 29.0 Å². The molecule has 0 radical (unpaired) electrons. The SMILES string of the molecule is COc1ccnc(OCCCNC(=O)O)c1-c1ccno1. The number of methoxy groups -OCH3 is 1. The molecule has 0 atom stereocenters. The van der Waals surface area contributed by atoms with E-state index in [-0.39, 0.29) is 0 Å². The number of hydrogen-bond donors (Lipinski definition) is 2. The van der Waals surface area contributed by atoms with Crippen molar-refractivity contribution in [2.45, 2.75) is 6.42 Å².